The fourth-order valence-corrected chi connectivity index (χ4v) is 1.33. The van der Waals surface area contributed by atoms with E-state index >= 15 is 0 Å². The lowest BCUT2D eigenvalue weighted by Crippen LogP contribution is -2.05. The van der Waals surface area contributed by atoms with Crippen LogP contribution in [0.25, 0.3) is 0 Å². The Morgan fingerprint density at radius 1 is 1.29 bits per heavy atom. The molecule has 1 aromatic carbocycles. The average Bonchev–Trinajstić information content (AvgIpc) is 2.08. The first kappa shape index (κ1) is 10.8. The van der Waals surface area contributed by atoms with E-state index in [1.165, 1.54) is 18.1 Å². The third kappa shape index (κ3) is 2.59. The van der Waals surface area contributed by atoms with Gasteiger partial charge in [-0.05, 0) is 37.5 Å². The summed E-state index contributed by atoms with van der Waals surface area (Å²) in [5, 5.41) is 0. The molecule has 0 spiro atoms. The van der Waals surface area contributed by atoms with E-state index in [1.807, 2.05) is 19.1 Å². The molecule has 2 heteroatoms. The van der Waals surface area contributed by atoms with E-state index in [9.17, 15) is 4.79 Å². The van der Waals surface area contributed by atoms with Gasteiger partial charge in [0.05, 0.1) is 0 Å². The van der Waals surface area contributed by atoms with Crippen molar-refractivity contribution < 1.29 is 9.53 Å². The number of carbonyl (C=O) groups is 1. The van der Waals surface area contributed by atoms with E-state index in [2.05, 4.69) is 19.9 Å². The van der Waals surface area contributed by atoms with Gasteiger partial charge in [-0.1, -0.05) is 18.2 Å². The van der Waals surface area contributed by atoms with Gasteiger partial charge in [0.2, 0.25) is 0 Å². The molecule has 0 amide bonds. The Hall–Kier alpha value is -1.31. The Morgan fingerprint density at radius 3 is 2.43 bits per heavy atom. The molecule has 0 N–H and O–H groups in total. The lowest BCUT2D eigenvalue weighted by atomic mass is 10.0. The molecule has 0 fully saturated rings. The Labute approximate surface area is 84.9 Å². The molecule has 1 aromatic rings. The van der Waals surface area contributed by atoms with Crippen LogP contribution in [0.3, 0.4) is 0 Å². The minimum absolute atomic E-state index is 0.160. The zero-order valence-electron chi connectivity index (χ0n) is 9.13. The van der Waals surface area contributed by atoms with E-state index in [0.717, 1.165) is 5.56 Å². The molecule has 14 heavy (non-hydrogen) atoms. The van der Waals surface area contributed by atoms with Crippen LogP contribution in [0.1, 0.15) is 36.6 Å². The number of hydrogen-bond acceptors (Lipinski definition) is 2. The SMILES string of the molecule is CC(=O)O[C@H](C)c1ccc(C)c(C)c1. The molecule has 1 atom stereocenters. The predicted octanol–water partition coefficient (Wildman–Crippen LogP) is 2.93. The maximum absolute atomic E-state index is 10.8. The fourth-order valence-electron chi connectivity index (χ4n) is 1.33. The van der Waals surface area contributed by atoms with Crippen LogP contribution >= 0.6 is 0 Å². The molecule has 1 rings (SSSR count). The van der Waals surface area contributed by atoms with Gasteiger partial charge < -0.3 is 4.74 Å². The van der Waals surface area contributed by atoms with Crippen LogP contribution in [-0.2, 0) is 9.53 Å². The maximum atomic E-state index is 10.8. The van der Waals surface area contributed by atoms with Gasteiger partial charge >= 0.3 is 5.97 Å². The van der Waals surface area contributed by atoms with Gasteiger partial charge in [0.15, 0.2) is 0 Å². The largest absolute Gasteiger partial charge is 0.458 e. The van der Waals surface area contributed by atoms with Crippen LogP contribution in [0.2, 0.25) is 0 Å². The fraction of sp³-hybridized carbons (Fsp3) is 0.417. The number of ether oxygens (including phenoxy) is 1. The number of hydrogen-bond donors (Lipinski definition) is 0. The number of carbonyl (C=O) groups excluding carboxylic acids is 1. The van der Waals surface area contributed by atoms with Crippen molar-refractivity contribution in [3.8, 4) is 0 Å². The molecule has 0 aliphatic rings. The second-order valence-electron chi connectivity index (χ2n) is 3.60. The smallest absolute Gasteiger partial charge is 0.303 e. The van der Waals surface area contributed by atoms with Crippen molar-refractivity contribution in [1.82, 2.24) is 0 Å². The van der Waals surface area contributed by atoms with Gasteiger partial charge in [-0.25, -0.2) is 0 Å². The molecule has 0 radical (unpaired) electrons. The molecule has 0 heterocycles. The molecule has 0 saturated carbocycles. The highest BCUT2D eigenvalue weighted by molar-refractivity contribution is 5.66. The minimum Gasteiger partial charge on any atom is -0.458 e. The van der Waals surface area contributed by atoms with Gasteiger partial charge in [-0.15, -0.1) is 0 Å². The molecule has 2 nitrogen and oxygen atoms in total. The molecule has 76 valence electrons. The van der Waals surface area contributed by atoms with Crippen LogP contribution in [0.15, 0.2) is 18.2 Å². The third-order valence-electron chi connectivity index (χ3n) is 2.34. The van der Waals surface area contributed by atoms with E-state index < -0.39 is 0 Å². The number of rotatable bonds is 2. The van der Waals surface area contributed by atoms with Crippen molar-refractivity contribution in [3.63, 3.8) is 0 Å². The van der Waals surface area contributed by atoms with Crippen LogP contribution in [0, 0.1) is 13.8 Å². The number of aryl methyl sites for hydroxylation is 2. The van der Waals surface area contributed by atoms with E-state index in [0.29, 0.717) is 0 Å². The molecule has 0 saturated heterocycles. The van der Waals surface area contributed by atoms with Crippen molar-refractivity contribution in [2.24, 2.45) is 0 Å². The molecule has 0 bridgehead atoms. The quantitative estimate of drug-likeness (QED) is 0.673. The normalized spacial score (nSPS) is 12.3. The first-order valence-electron chi connectivity index (χ1n) is 4.75. The summed E-state index contributed by atoms with van der Waals surface area (Å²) < 4.78 is 5.09. The molecular formula is C12H16O2. The van der Waals surface area contributed by atoms with Crippen molar-refractivity contribution in [2.75, 3.05) is 0 Å². The second-order valence-corrected chi connectivity index (χ2v) is 3.60. The second kappa shape index (κ2) is 4.27. The van der Waals surface area contributed by atoms with Gasteiger partial charge in [0.1, 0.15) is 6.10 Å². The molecule has 0 aliphatic carbocycles. The summed E-state index contributed by atoms with van der Waals surface area (Å²) in [6, 6.07) is 6.10. The van der Waals surface area contributed by atoms with Gasteiger partial charge in [0, 0.05) is 6.92 Å². The zero-order chi connectivity index (χ0) is 10.7. The molecular weight excluding hydrogens is 176 g/mol. The molecule has 0 unspecified atom stereocenters. The predicted molar refractivity (Wildman–Crippen MR) is 56.1 cm³/mol. The summed E-state index contributed by atoms with van der Waals surface area (Å²) in [5.74, 6) is -0.240. The van der Waals surface area contributed by atoms with Crippen molar-refractivity contribution in [1.29, 1.82) is 0 Å². The topological polar surface area (TPSA) is 26.3 Å². The van der Waals surface area contributed by atoms with Crippen LogP contribution in [0.5, 0.6) is 0 Å². The van der Waals surface area contributed by atoms with E-state index in [-0.39, 0.29) is 12.1 Å². The summed E-state index contributed by atoms with van der Waals surface area (Å²) in [6.07, 6.45) is -0.160. The summed E-state index contributed by atoms with van der Waals surface area (Å²) in [5.41, 5.74) is 3.52. The first-order valence-corrected chi connectivity index (χ1v) is 4.75. The highest BCUT2D eigenvalue weighted by atomic mass is 16.5. The van der Waals surface area contributed by atoms with Crippen molar-refractivity contribution in [3.05, 3.63) is 34.9 Å². The van der Waals surface area contributed by atoms with Crippen molar-refractivity contribution in [2.45, 2.75) is 33.8 Å². The summed E-state index contributed by atoms with van der Waals surface area (Å²) in [6.45, 7) is 7.43. The first-order chi connectivity index (χ1) is 6.50. The van der Waals surface area contributed by atoms with Gasteiger partial charge in [0.25, 0.3) is 0 Å². The lowest BCUT2D eigenvalue weighted by Gasteiger charge is -2.13. The van der Waals surface area contributed by atoms with Crippen LogP contribution in [-0.4, -0.2) is 5.97 Å². The van der Waals surface area contributed by atoms with E-state index in [4.69, 9.17) is 4.74 Å². The van der Waals surface area contributed by atoms with E-state index in [1.54, 1.807) is 0 Å². The summed E-state index contributed by atoms with van der Waals surface area (Å²) >= 11 is 0. The third-order valence-corrected chi connectivity index (χ3v) is 2.34. The highest BCUT2D eigenvalue weighted by Gasteiger charge is 2.08. The number of benzene rings is 1. The maximum Gasteiger partial charge on any atom is 0.303 e. The average molecular weight is 192 g/mol. The zero-order valence-corrected chi connectivity index (χ0v) is 9.13. The Morgan fingerprint density at radius 2 is 1.93 bits per heavy atom. The number of esters is 1. The lowest BCUT2D eigenvalue weighted by molar-refractivity contribution is -0.145. The standard InChI is InChI=1S/C12H16O2/c1-8-5-6-12(7-9(8)2)10(3)14-11(4)13/h5-7,10H,1-4H3/t10-/m1/s1. The van der Waals surface area contributed by atoms with Gasteiger partial charge in [-0.2, -0.15) is 0 Å². The van der Waals surface area contributed by atoms with Crippen LogP contribution in [0.4, 0.5) is 0 Å². The van der Waals surface area contributed by atoms with Crippen LogP contribution < -0.4 is 0 Å². The Kier molecular flexibility index (Phi) is 3.28. The highest BCUT2D eigenvalue weighted by Crippen LogP contribution is 2.19. The Bertz CT molecular complexity index is 342. The van der Waals surface area contributed by atoms with Crippen molar-refractivity contribution >= 4 is 5.97 Å². The molecule has 0 aromatic heterocycles. The minimum atomic E-state index is -0.240. The Balaban J connectivity index is 2.85. The monoisotopic (exact) mass is 192 g/mol. The summed E-state index contributed by atoms with van der Waals surface area (Å²) in [4.78, 5) is 10.8. The summed E-state index contributed by atoms with van der Waals surface area (Å²) in [7, 11) is 0. The molecule has 0 aliphatic heterocycles. The van der Waals surface area contributed by atoms with Gasteiger partial charge in [-0.3, -0.25) is 4.79 Å².